The fraction of sp³-hybridized carbons (Fsp3) is 0.333. The SMILES string of the molecule is O=[N+]([O-])c1cccc(Cc2ccc(O[C@@H]3OC[C@@H](O)[C@H](O)[C@H]3O)cc2)c1. The summed E-state index contributed by atoms with van der Waals surface area (Å²) >= 11 is 0. The van der Waals surface area contributed by atoms with Gasteiger partial charge in [-0.25, -0.2) is 0 Å². The number of non-ortho nitro benzene ring substituents is 1. The first-order valence-electron chi connectivity index (χ1n) is 8.09. The molecule has 0 unspecified atom stereocenters. The highest BCUT2D eigenvalue weighted by Crippen LogP contribution is 2.22. The Kier molecular flexibility index (Phi) is 5.48. The van der Waals surface area contributed by atoms with E-state index in [1.165, 1.54) is 12.1 Å². The quantitative estimate of drug-likeness (QED) is 0.536. The van der Waals surface area contributed by atoms with Crippen LogP contribution in [0.15, 0.2) is 48.5 Å². The normalized spacial score (nSPS) is 25.7. The number of aliphatic hydroxyl groups excluding tert-OH is 3. The number of benzene rings is 2. The monoisotopic (exact) mass is 361 g/mol. The Bertz CT molecular complexity index is 764. The lowest BCUT2D eigenvalue weighted by atomic mass is 10.0. The maximum atomic E-state index is 10.8. The molecule has 4 atom stereocenters. The summed E-state index contributed by atoms with van der Waals surface area (Å²) in [6, 6.07) is 13.4. The third-order valence-corrected chi connectivity index (χ3v) is 4.16. The van der Waals surface area contributed by atoms with Crippen LogP contribution in [-0.4, -0.2) is 51.5 Å². The fourth-order valence-electron chi connectivity index (χ4n) is 2.72. The molecule has 0 saturated carbocycles. The zero-order valence-corrected chi connectivity index (χ0v) is 13.8. The molecule has 3 rings (SSSR count). The maximum Gasteiger partial charge on any atom is 0.269 e. The van der Waals surface area contributed by atoms with Gasteiger partial charge in [-0.1, -0.05) is 24.3 Å². The Morgan fingerprint density at radius 2 is 1.81 bits per heavy atom. The number of aliphatic hydroxyl groups is 3. The highest BCUT2D eigenvalue weighted by Gasteiger charge is 2.38. The Labute approximate surface area is 149 Å². The van der Waals surface area contributed by atoms with Crippen LogP contribution in [0.5, 0.6) is 5.75 Å². The molecule has 0 bridgehead atoms. The summed E-state index contributed by atoms with van der Waals surface area (Å²) in [4.78, 5) is 10.4. The summed E-state index contributed by atoms with van der Waals surface area (Å²) < 4.78 is 10.7. The first-order valence-corrected chi connectivity index (χ1v) is 8.09. The number of nitro benzene ring substituents is 1. The third-order valence-electron chi connectivity index (χ3n) is 4.16. The van der Waals surface area contributed by atoms with Gasteiger partial charge in [-0.3, -0.25) is 10.1 Å². The lowest BCUT2D eigenvalue weighted by molar-refractivity contribution is -0.384. The van der Waals surface area contributed by atoms with Gasteiger partial charge in [0, 0.05) is 12.1 Å². The molecule has 2 aromatic carbocycles. The molecule has 1 aliphatic heterocycles. The predicted molar refractivity (Wildman–Crippen MR) is 90.7 cm³/mol. The third kappa shape index (κ3) is 4.17. The summed E-state index contributed by atoms with van der Waals surface area (Å²) in [5, 5.41) is 39.8. The van der Waals surface area contributed by atoms with Crippen molar-refractivity contribution in [2.45, 2.75) is 31.0 Å². The molecule has 8 heteroatoms. The molecule has 0 amide bonds. The van der Waals surface area contributed by atoms with E-state index in [0.29, 0.717) is 12.2 Å². The summed E-state index contributed by atoms with van der Waals surface area (Å²) in [6.07, 6.45) is -4.39. The molecule has 8 nitrogen and oxygen atoms in total. The van der Waals surface area contributed by atoms with Gasteiger partial charge in [-0.05, 0) is 29.7 Å². The second kappa shape index (κ2) is 7.79. The molecule has 0 spiro atoms. The summed E-state index contributed by atoms with van der Waals surface area (Å²) in [5.41, 5.74) is 1.79. The van der Waals surface area contributed by atoms with Crippen LogP contribution in [0.2, 0.25) is 0 Å². The minimum Gasteiger partial charge on any atom is -0.462 e. The lowest BCUT2D eigenvalue weighted by Crippen LogP contribution is -2.54. The highest BCUT2D eigenvalue weighted by molar-refractivity contribution is 5.38. The number of hydrogen-bond acceptors (Lipinski definition) is 7. The van der Waals surface area contributed by atoms with Crippen LogP contribution in [0.25, 0.3) is 0 Å². The smallest absolute Gasteiger partial charge is 0.269 e. The van der Waals surface area contributed by atoms with Crippen molar-refractivity contribution >= 4 is 5.69 Å². The molecule has 0 aromatic heterocycles. The van der Waals surface area contributed by atoms with Gasteiger partial charge in [0.2, 0.25) is 6.29 Å². The Morgan fingerprint density at radius 1 is 1.08 bits per heavy atom. The summed E-state index contributed by atoms with van der Waals surface area (Å²) in [5.74, 6) is 0.431. The van der Waals surface area contributed by atoms with Crippen molar-refractivity contribution in [3.05, 3.63) is 69.8 Å². The van der Waals surface area contributed by atoms with Gasteiger partial charge in [0.25, 0.3) is 5.69 Å². The molecule has 2 aromatic rings. The first kappa shape index (κ1) is 18.3. The minimum absolute atomic E-state index is 0.0478. The van der Waals surface area contributed by atoms with E-state index in [1.54, 1.807) is 30.3 Å². The van der Waals surface area contributed by atoms with Crippen LogP contribution in [-0.2, 0) is 11.2 Å². The van der Waals surface area contributed by atoms with Gasteiger partial charge >= 0.3 is 0 Å². The van der Waals surface area contributed by atoms with E-state index >= 15 is 0 Å². The molecule has 1 saturated heterocycles. The van der Waals surface area contributed by atoms with Crippen LogP contribution >= 0.6 is 0 Å². The number of nitro groups is 1. The van der Waals surface area contributed by atoms with Gasteiger partial charge < -0.3 is 24.8 Å². The van der Waals surface area contributed by atoms with Crippen LogP contribution in [0.1, 0.15) is 11.1 Å². The average Bonchev–Trinajstić information content (AvgIpc) is 2.64. The van der Waals surface area contributed by atoms with Crippen molar-refractivity contribution in [1.82, 2.24) is 0 Å². The minimum atomic E-state index is -1.36. The topological polar surface area (TPSA) is 122 Å². The summed E-state index contributed by atoms with van der Waals surface area (Å²) in [7, 11) is 0. The molecule has 1 heterocycles. The molecular weight excluding hydrogens is 342 g/mol. The molecule has 26 heavy (non-hydrogen) atoms. The molecule has 3 N–H and O–H groups in total. The second-order valence-corrected chi connectivity index (χ2v) is 6.12. The van der Waals surface area contributed by atoms with E-state index in [4.69, 9.17) is 9.47 Å². The highest BCUT2D eigenvalue weighted by atomic mass is 16.7. The predicted octanol–water partition coefficient (Wildman–Crippen LogP) is 1.00. The van der Waals surface area contributed by atoms with Gasteiger partial charge in [0.15, 0.2) is 0 Å². The summed E-state index contributed by atoms with van der Waals surface area (Å²) in [6.45, 7) is -0.131. The zero-order valence-electron chi connectivity index (χ0n) is 13.8. The van der Waals surface area contributed by atoms with E-state index in [-0.39, 0.29) is 12.3 Å². The van der Waals surface area contributed by atoms with Gasteiger partial charge in [0.05, 0.1) is 11.5 Å². The number of nitrogens with zero attached hydrogens (tertiary/aromatic N) is 1. The van der Waals surface area contributed by atoms with Crippen LogP contribution in [0.3, 0.4) is 0 Å². The standard InChI is InChI=1S/C18H19NO7/c20-15-10-25-18(17(22)16(15)21)26-14-6-4-11(5-7-14)8-12-2-1-3-13(9-12)19(23)24/h1-7,9,15-18,20-22H,8,10H2/t15-,16+,17-,18+/m1/s1. The fourth-order valence-corrected chi connectivity index (χ4v) is 2.72. The van der Waals surface area contributed by atoms with Gasteiger partial charge in [0.1, 0.15) is 24.1 Å². The molecule has 1 aliphatic rings. The van der Waals surface area contributed by atoms with Crippen molar-refractivity contribution < 1.29 is 29.7 Å². The van der Waals surface area contributed by atoms with Crippen molar-refractivity contribution in [3.63, 3.8) is 0 Å². The average molecular weight is 361 g/mol. The Balaban J connectivity index is 1.64. The molecular formula is C18H19NO7. The van der Waals surface area contributed by atoms with Crippen molar-refractivity contribution in [2.75, 3.05) is 6.61 Å². The van der Waals surface area contributed by atoms with E-state index < -0.39 is 29.5 Å². The zero-order chi connectivity index (χ0) is 18.7. The maximum absolute atomic E-state index is 10.8. The van der Waals surface area contributed by atoms with E-state index in [1.807, 2.05) is 6.07 Å². The van der Waals surface area contributed by atoms with Gasteiger partial charge in [-0.15, -0.1) is 0 Å². The van der Waals surface area contributed by atoms with Crippen molar-refractivity contribution in [2.24, 2.45) is 0 Å². The Morgan fingerprint density at radius 3 is 2.50 bits per heavy atom. The first-order chi connectivity index (χ1) is 12.4. The number of hydrogen-bond donors (Lipinski definition) is 3. The van der Waals surface area contributed by atoms with Crippen LogP contribution in [0, 0.1) is 10.1 Å². The molecule has 138 valence electrons. The van der Waals surface area contributed by atoms with E-state index in [2.05, 4.69) is 0 Å². The van der Waals surface area contributed by atoms with E-state index in [9.17, 15) is 25.4 Å². The second-order valence-electron chi connectivity index (χ2n) is 6.12. The molecule has 0 aliphatic carbocycles. The largest absolute Gasteiger partial charge is 0.462 e. The van der Waals surface area contributed by atoms with Crippen molar-refractivity contribution in [3.8, 4) is 5.75 Å². The van der Waals surface area contributed by atoms with Crippen molar-refractivity contribution in [1.29, 1.82) is 0 Å². The number of ether oxygens (including phenoxy) is 2. The molecule has 1 fully saturated rings. The number of rotatable bonds is 5. The van der Waals surface area contributed by atoms with Crippen LogP contribution in [0.4, 0.5) is 5.69 Å². The Hall–Kier alpha value is -2.52. The lowest BCUT2D eigenvalue weighted by Gasteiger charge is -2.34. The molecule has 0 radical (unpaired) electrons. The van der Waals surface area contributed by atoms with Crippen LogP contribution < -0.4 is 4.74 Å². The van der Waals surface area contributed by atoms with E-state index in [0.717, 1.165) is 11.1 Å². The van der Waals surface area contributed by atoms with Gasteiger partial charge in [-0.2, -0.15) is 0 Å².